The van der Waals surface area contributed by atoms with Crippen molar-refractivity contribution in [1.82, 2.24) is 10.3 Å². The van der Waals surface area contributed by atoms with Gasteiger partial charge >= 0.3 is 0 Å². The third-order valence-corrected chi connectivity index (χ3v) is 4.26. The number of pyridine rings is 1. The second-order valence-electron chi connectivity index (χ2n) is 3.96. The quantitative estimate of drug-likeness (QED) is 0.909. The van der Waals surface area contributed by atoms with Gasteiger partial charge in [0.05, 0.1) is 0 Å². The van der Waals surface area contributed by atoms with Crippen LogP contribution in [-0.2, 0) is 0 Å². The molecule has 1 aromatic heterocycles. The highest BCUT2D eigenvalue weighted by atomic mass is 79.9. The third kappa shape index (κ3) is 3.34. The Morgan fingerprint density at radius 3 is 2.78 bits per heavy atom. The van der Waals surface area contributed by atoms with Crippen LogP contribution in [0.25, 0.3) is 0 Å². The molecule has 2 aromatic rings. The van der Waals surface area contributed by atoms with Crippen molar-refractivity contribution < 1.29 is 0 Å². The highest BCUT2D eigenvalue weighted by Gasteiger charge is 2.11. The van der Waals surface area contributed by atoms with Gasteiger partial charge in [0, 0.05) is 21.6 Å². The molecule has 0 saturated carbocycles. The molecule has 18 heavy (non-hydrogen) atoms. The van der Waals surface area contributed by atoms with Crippen LogP contribution >= 0.6 is 27.7 Å². The SMILES string of the molecule is CNC(C)c1cc(Br)ccc1Sc1ccccn1. The van der Waals surface area contributed by atoms with Gasteiger partial charge in [0.1, 0.15) is 5.03 Å². The fourth-order valence-corrected chi connectivity index (χ4v) is 2.98. The van der Waals surface area contributed by atoms with Gasteiger partial charge in [0.15, 0.2) is 0 Å². The average Bonchev–Trinajstić information content (AvgIpc) is 2.41. The molecule has 0 spiro atoms. The van der Waals surface area contributed by atoms with Gasteiger partial charge in [-0.05, 0) is 49.9 Å². The number of aromatic nitrogens is 1. The van der Waals surface area contributed by atoms with E-state index in [1.165, 1.54) is 10.5 Å². The predicted octanol–water partition coefficient (Wildman–Crippen LogP) is 4.28. The number of hydrogen-bond acceptors (Lipinski definition) is 3. The molecule has 0 aliphatic carbocycles. The van der Waals surface area contributed by atoms with Crippen LogP contribution in [0.2, 0.25) is 0 Å². The molecule has 0 aliphatic rings. The number of hydrogen-bond donors (Lipinski definition) is 1. The molecule has 0 aliphatic heterocycles. The molecule has 1 N–H and O–H groups in total. The van der Waals surface area contributed by atoms with Crippen molar-refractivity contribution in [3.05, 3.63) is 52.6 Å². The maximum Gasteiger partial charge on any atom is 0.101 e. The van der Waals surface area contributed by atoms with E-state index in [-0.39, 0.29) is 0 Å². The maximum atomic E-state index is 4.35. The standard InChI is InChI=1S/C14H15BrN2S/c1-10(16-2)12-9-11(15)6-7-13(12)18-14-5-3-4-8-17-14/h3-10,16H,1-2H3. The smallest absolute Gasteiger partial charge is 0.101 e. The van der Waals surface area contributed by atoms with Gasteiger partial charge in [-0.3, -0.25) is 0 Å². The first kappa shape index (κ1) is 13.6. The van der Waals surface area contributed by atoms with Crippen molar-refractivity contribution in [2.75, 3.05) is 7.05 Å². The minimum absolute atomic E-state index is 0.314. The zero-order chi connectivity index (χ0) is 13.0. The minimum Gasteiger partial charge on any atom is -0.313 e. The summed E-state index contributed by atoms with van der Waals surface area (Å²) in [6.45, 7) is 2.16. The van der Waals surface area contributed by atoms with E-state index in [0.717, 1.165) is 9.50 Å². The fraction of sp³-hybridized carbons (Fsp3) is 0.214. The fourth-order valence-electron chi connectivity index (χ4n) is 1.63. The predicted molar refractivity (Wildman–Crippen MR) is 80.0 cm³/mol. The Labute approximate surface area is 120 Å². The van der Waals surface area contributed by atoms with Crippen molar-refractivity contribution >= 4 is 27.7 Å². The molecule has 0 fully saturated rings. The normalized spacial score (nSPS) is 12.4. The lowest BCUT2D eigenvalue weighted by Crippen LogP contribution is -2.13. The van der Waals surface area contributed by atoms with Gasteiger partial charge in [0.2, 0.25) is 0 Å². The minimum atomic E-state index is 0.314. The van der Waals surface area contributed by atoms with Gasteiger partial charge < -0.3 is 5.32 Å². The molecule has 2 nitrogen and oxygen atoms in total. The van der Waals surface area contributed by atoms with Crippen molar-refractivity contribution in [1.29, 1.82) is 0 Å². The molecule has 2 rings (SSSR count). The molecule has 0 radical (unpaired) electrons. The van der Waals surface area contributed by atoms with Gasteiger partial charge in [0.25, 0.3) is 0 Å². The Hall–Kier alpha value is -0.840. The molecular weight excluding hydrogens is 308 g/mol. The molecule has 0 bridgehead atoms. The van der Waals surface area contributed by atoms with E-state index in [9.17, 15) is 0 Å². The van der Waals surface area contributed by atoms with E-state index in [1.807, 2.05) is 31.4 Å². The summed E-state index contributed by atoms with van der Waals surface area (Å²) in [6, 6.07) is 12.6. The molecule has 0 amide bonds. The van der Waals surface area contributed by atoms with E-state index in [2.05, 4.69) is 51.4 Å². The van der Waals surface area contributed by atoms with Crippen molar-refractivity contribution in [2.45, 2.75) is 22.9 Å². The van der Waals surface area contributed by atoms with Crippen LogP contribution in [0.1, 0.15) is 18.5 Å². The number of halogens is 1. The molecule has 1 unspecified atom stereocenters. The molecular formula is C14H15BrN2S. The largest absolute Gasteiger partial charge is 0.313 e. The second kappa shape index (κ2) is 6.36. The van der Waals surface area contributed by atoms with E-state index in [4.69, 9.17) is 0 Å². The van der Waals surface area contributed by atoms with Crippen LogP contribution < -0.4 is 5.32 Å². The van der Waals surface area contributed by atoms with Crippen LogP contribution in [0.4, 0.5) is 0 Å². The first-order chi connectivity index (χ1) is 8.70. The van der Waals surface area contributed by atoms with Crippen LogP contribution in [-0.4, -0.2) is 12.0 Å². The molecule has 4 heteroatoms. The summed E-state index contributed by atoms with van der Waals surface area (Å²) >= 11 is 5.22. The summed E-state index contributed by atoms with van der Waals surface area (Å²) in [5.74, 6) is 0. The van der Waals surface area contributed by atoms with Gasteiger partial charge in [-0.15, -0.1) is 0 Å². The van der Waals surface area contributed by atoms with Crippen molar-refractivity contribution in [3.8, 4) is 0 Å². The Morgan fingerprint density at radius 2 is 2.11 bits per heavy atom. The van der Waals surface area contributed by atoms with E-state index in [0.29, 0.717) is 6.04 Å². The molecule has 1 heterocycles. The molecule has 1 aromatic carbocycles. The van der Waals surface area contributed by atoms with Gasteiger partial charge in [-0.25, -0.2) is 4.98 Å². The van der Waals surface area contributed by atoms with Gasteiger partial charge in [-0.2, -0.15) is 0 Å². The Morgan fingerprint density at radius 1 is 1.28 bits per heavy atom. The lowest BCUT2D eigenvalue weighted by Gasteiger charge is -2.15. The Kier molecular flexibility index (Phi) is 4.80. The number of nitrogens with one attached hydrogen (secondary N) is 1. The Bertz CT molecular complexity index is 516. The van der Waals surface area contributed by atoms with Crippen LogP contribution in [0, 0.1) is 0 Å². The summed E-state index contributed by atoms with van der Waals surface area (Å²) in [6.07, 6.45) is 1.82. The third-order valence-electron chi connectivity index (χ3n) is 2.72. The highest BCUT2D eigenvalue weighted by Crippen LogP contribution is 2.33. The lowest BCUT2D eigenvalue weighted by molar-refractivity contribution is 0.641. The zero-order valence-electron chi connectivity index (χ0n) is 10.4. The first-order valence-electron chi connectivity index (χ1n) is 5.76. The lowest BCUT2D eigenvalue weighted by atomic mass is 10.1. The monoisotopic (exact) mass is 322 g/mol. The first-order valence-corrected chi connectivity index (χ1v) is 7.37. The van der Waals surface area contributed by atoms with Crippen molar-refractivity contribution in [2.24, 2.45) is 0 Å². The van der Waals surface area contributed by atoms with Crippen LogP contribution in [0.3, 0.4) is 0 Å². The Balaban J connectivity index is 2.32. The summed E-state index contributed by atoms with van der Waals surface area (Å²) in [7, 11) is 1.97. The van der Waals surface area contributed by atoms with E-state index in [1.54, 1.807) is 11.8 Å². The maximum absolute atomic E-state index is 4.35. The highest BCUT2D eigenvalue weighted by molar-refractivity contribution is 9.10. The molecule has 94 valence electrons. The summed E-state index contributed by atoms with van der Waals surface area (Å²) < 4.78 is 1.10. The number of benzene rings is 1. The van der Waals surface area contributed by atoms with Crippen molar-refractivity contribution in [3.63, 3.8) is 0 Å². The summed E-state index contributed by atoms with van der Waals surface area (Å²) in [5, 5.41) is 4.30. The molecule has 0 saturated heterocycles. The van der Waals surface area contributed by atoms with Gasteiger partial charge in [-0.1, -0.05) is 33.8 Å². The zero-order valence-corrected chi connectivity index (χ0v) is 12.8. The van der Waals surface area contributed by atoms with E-state index >= 15 is 0 Å². The number of rotatable bonds is 4. The summed E-state index contributed by atoms with van der Waals surface area (Å²) in [4.78, 5) is 5.59. The van der Waals surface area contributed by atoms with Crippen LogP contribution in [0.15, 0.2) is 57.0 Å². The number of nitrogens with zero attached hydrogens (tertiary/aromatic N) is 1. The van der Waals surface area contributed by atoms with E-state index < -0.39 is 0 Å². The molecule has 1 atom stereocenters. The summed E-state index contributed by atoms with van der Waals surface area (Å²) in [5.41, 5.74) is 1.28. The second-order valence-corrected chi connectivity index (χ2v) is 5.94. The average molecular weight is 323 g/mol. The topological polar surface area (TPSA) is 24.9 Å². The van der Waals surface area contributed by atoms with Crippen LogP contribution in [0.5, 0.6) is 0 Å².